The summed E-state index contributed by atoms with van der Waals surface area (Å²) >= 11 is 0. The standard InChI is InChI=1S/C11H8F4O4/c1-18-10(16)7(11(17)19-2)6-8(14)4(12)3-5(13)9(6)15/h3,7H,1-2H3. The molecule has 0 aliphatic heterocycles. The molecule has 0 bridgehead atoms. The molecule has 0 atom stereocenters. The summed E-state index contributed by atoms with van der Waals surface area (Å²) in [6.45, 7) is 0. The first-order valence-electron chi connectivity index (χ1n) is 4.83. The number of halogens is 4. The van der Waals surface area contributed by atoms with Gasteiger partial charge in [-0.2, -0.15) is 0 Å². The maximum atomic E-state index is 13.5. The molecule has 4 nitrogen and oxygen atoms in total. The monoisotopic (exact) mass is 280 g/mol. The van der Waals surface area contributed by atoms with Crippen molar-refractivity contribution in [3.63, 3.8) is 0 Å². The minimum atomic E-state index is -2.25. The Kier molecular flexibility index (Phi) is 4.47. The second-order valence-electron chi connectivity index (χ2n) is 3.36. The summed E-state index contributed by atoms with van der Waals surface area (Å²) in [5.74, 6) is -12.3. The van der Waals surface area contributed by atoms with Crippen molar-refractivity contribution in [1.29, 1.82) is 0 Å². The number of carbonyl (C=O) groups excluding carboxylic acids is 2. The van der Waals surface area contributed by atoms with Gasteiger partial charge >= 0.3 is 11.9 Å². The minimum Gasteiger partial charge on any atom is -0.468 e. The molecule has 0 spiro atoms. The molecule has 1 rings (SSSR count). The molecule has 0 aromatic heterocycles. The van der Waals surface area contributed by atoms with Crippen LogP contribution in [0.25, 0.3) is 0 Å². The van der Waals surface area contributed by atoms with Gasteiger partial charge in [-0.05, 0) is 0 Å². The molecule has 19 heavy (non-hydrogen) atoms. The molecule has 1 aromatic rings. The van der Waals surface area contributed by atoms with Crippen molar-refractivity contribution in [2.24, 2.45) is 0 Å². The highest BCUT2D eigenvalue weighted by molar-refractivity contribution is 6.00. The lowest BCUT2D eigenvalue weighted by molar-refractivity contribution is -0.154. The molecule has 0 saturated heterocycles. The minimum absolute atomic E-state index is 0.0419. The van der Waals surface area contributed by atoms with Crippen molar-refractivity contribution in [1.82, 2.24) is 0 Å². The van der Waals surface area contributed by atoms with Crippen LogP contribution in [0, 0.1) is 23.3 Å². The number of methoxy groups -OCH3 is 2. The van der Waals surface area contributed by atoms with Gasteiger partial charge in [0.1, 0.15) is 0 Å². The van der Waals surface area contributed by atoms with E-state index in [9.17, 15) is 27.2 Å². The highest BCUT2D eigenvalue weighted by Crippen LogP contribution is 2.28. The first kappa shape index (κ1) is 14.9. The number of hydrogen-bond acceptors (Lipinski definition) is 4. The van der Waals surface area contributed by atoms with Crippen molar-refractivity contribution < 1.29 is 36.6 Å². The van der Waals surface area contributed by atoms with Crippen molar-refractivity contribution in [2.75, 3.05) is 14.2 Å². The van der Waals surface area contributed by atoms with Gasteiger partial charge < -0.3 is 9.47 Å². The Morgan fingerprint density at radius 3 is 1.63 bits per heavy atom. The molecule has 0 heterocycles. The van der Waals surface area contributed by atoms with Gasteiger partial charge in [0.2, 0.25) is 0 Å². The quantitative estimate of drug-likeness (QED) is 0.366. The Morgan fingerprint density at radius 1 is 0.947 bits per heavy atom. The van der Waals surface area contributed by atoms with E-state index in [2.05, 4.69) is 9.47 Å². The summed E-state index contributed by atoms with van der Waals surface area (Å²) in [5.41, 5.74) is -1.39. The number of carbonyl (C=O) groups is 2. The van der Waals surface area contributed by atoms with E-state index in [1.54, 1.807) is 0 Å². The first-order chi connectivity index (χ1) is 8.84. The Bertz CT molecular complexity index is 488. The van der Waals surface area contributed by atoms with Gasteiger partial charge in [0.15, 0.2) is 29.2 Å². The first-order valence-corrected chi connectivity index (χ1v) is 4.83. The van der Waals surface area contributed by atoms with Crippen LogP contribution >= 0.6 is 0 Å². The SMILES string of the molecule is COC(=O)C(C(=O)OC)c1c(F)c(F)cc(F)c1F. The molecular weight excluding hydrogens is 272 g/mol. The van der Waals surface area contributed by atoms with Crippen molar-refractivity contribution >= 4 is 11.9 Å². The van der Waals surface area contributed by atoms with Crippen molar-refractivity contribution in [3.8, 4) is 0 Å². The topological polar surface area (TPSA) is 52.6 Å². The van der Waals surface area contributed by atoms with Crippen LogP contribution in [0.5, 0.6) is 0 Å². The van der Waals surface area contributed by atoms with E-state index in [4.69, 9.17) is 0 Å². The normalized spacial score (nSPS) is 10.5. The van der Waals surface area contributed by atoms with Crippen LogP contribution in [0.15, 0.2) is 6.07 Å². The van der Waals surface area contributed by atoms with Crippen LogP contribution < -0.4 is 0 Å². The fourth-order valence-electron chi connectivity index (χ4n) is 1.41. The van der Waals surface area contributed by atoms with Gasteiger partial charge in [-0.15, -0.1) is 0 Å². The van der Waals surface area contributed by atoms with E-state index in [-0.39, 0.29) is 6.07 Å². The summed E-state index contributed by atoms with van der Waals surface area (Å²) in [7, 11) is 1.67. The number of esters is 2. The molecule has 104 valence electrons. The zero-order chi connectivity index (χ0) is 14.7. The summed E-state index contributed by atoms with van der Waals surface area (Å²) in [4.78, 5) is 22.7. The Labute approximate surface area is 104 Å². The number of ether oxygens (including phenoxy) is 2. The maximum absolute atomic E-state index is 13.5. The van der Waals surface area contributed by atoms with E-state index in [1.807, 2.05) is 0 Å². The second-order valence-corrected chi connectivity index (χ2v) is 3.36. The van der Waals surface area contributed by atoms with Crippen LogP contribution in [0.4, 0.5) is 17.6 Å². The van der Waals surface area contributed by atoms with E-state index < -0.39 is 46.7 Å². The van der Waals surface area contributed by atoms with E-state index in [1.165, 1.54) is 0 Å². The van der Waals surface area contributed by atoms with Crippen molar-refractivity contribution in [3.05, 3.63) is 34.9 Å². The third-order valence-corrected chi connectivity index (χ3v) is 2.31. The third-order valence-electron chi connectivity index (χ3n) is 2.31. The summed E-state index contributed by atoms with van der Waals surface area (Å²) in [6.07, 6.45) is 0. The van der Waals surface area contributed by atoms with E-state index in [0.29, 0.717) is 0 Å². The molecule has 0 amide bonds. The molecular formula is C11H8F4O4. The van der Waals surface area contributed by atoms with Crippen LogP contribution in [0.2, 0.25) is 0 Å². The fraction of sp³-hybridized carbons (Fsp3) is 0.273. The molecule has 1 aromatic carbocycles. The molecule has 0 unspecified atom stereocenters. The number of rotatable bonds is 3. The van der Waals surface area contributed by atoms with E-state index >= 15 is 0 Å². The fourth-order valence-corrected chi connectivity index (χ4v) is 1.41. The molecule has 0 radical (unpaired) electrons. The summed E-state index contributed by atoms with van der Waals surface area (Å²) < 4.78 is 61.4. The lowest BCUT2D eigenvalue weighted by atomic mass is 9.97. The summed E-state index contributed by atoms with van der Waals surface area (Å²) in [6, 6.07) is -0.0419. The lowest BCUT2D eigenvalue weighted by Gasteiger charge is -2.14. The molecule has 0 aliphatic rings. The Balaban J connectivity index is 3.55. The largest absolute Gasteiger partial charge is 0.468 e. The molecule has 0 aliphatic carbocycles. The zero-order valence-corrected chi connectivity index (χ0v) is 9.80. The number of hydrogen-bond donors (Lipinski definition) is 0. The lowest BCUT2D eigenvalue weighted by Crippen LogP contribution is -2.27. The third kappa shape index (κ3) is 2.67. The van der Waals surface area contributed by atoms with Gasteiger partial charge in [0.05, 0.1) is 19.8 Å². The van der Waals surface area contributed by atoms with Gasteiger partial charge in [0.25, 0.3) is 0 Å². The van der Waals surface area contributed by atoms with Crippen LogP contribution in [-0.4, -0.2) is 26.2 Å². The second kappa shape index (κ2) is 5.68. The average molecular weight is 280 g/mol. The highest BCUT2D eigenvalue weighted by atomic mass is 19.2. The highest BCUT2D eigenvalue weighted by Gasteiger charge is 2.38. The molecule has 0 saturated carbocycles. The average Bonchev–Trinajstić information content (AvgIpc) is 2.39. The molecule has 8 heteroatoms. The van der Waals surface area contributed by atoms with Gasteiger partial charge in [-0.3, -0.25) is 9.59 Å². The van der Waals surface area contributed by atoms with Gasteiger partial charge in [0, 0.05) is 6.07 Å². The smallest absolute Gasteiger partial charge is 0.324 e. The van der Waals surface area contributed by atoms with Crippen molar-refractivity contribution in [2.45, 2.75) is 5.92 Å². The Hall–Kier alpha value is -2.12. The predicted molar refractivity (Wildman–Crippen MR) is 53.0 cm³/mol. The van der Waals surface area contributed by atoms with Crippen LogP contribution in [-0.2, 0) is 19.1 Å². The summed E-state index contributed by atoms with van der Waals surface area (Å²) in [5, 5.41) is 0. The van der Waals surface area contributed by atoms with Crippen LogP contribution in [0.3, 0.4) is 0 Å². The zero-order valence-electron chi connectivity index (χ0n) is 9.80. The van der Waals surface area contributed by atoms with E-state index in [0.717, 1.165) is 14.2 Å². The molecule has 0 N–H and O–H groups in total. The van der Waals surface area contributed by atoms with Gasteiger partial charge in [-0.25, -0.2) is 17.6 Å². The van der Waals surface area contributed by atoms with Crippen LogP contribution in [0.1, 0.15) is 11.5 Å². The Morgan fingerprint density at radius 2 is 1.32 bits per heavy atom. The number of benzene rings is 1. The van der Waals surface area contributed by atoms with Gasteiger partial charge in [-0.1, -0.05) is 0 Å². The predicted octanol–water partition coefficient (Wildman–Crippen LogP) is 1.67. The molecule has 0 fully saturated rings. The maximum Gasteiger partial charge on any atom is 0.324 e.